The molecule has 1 unspecified atom stereocenters. The SMILES string of the molecule is Cc1cc(S(=O)(=O)N(C)C(C(=O)O)c2ccccc2C)n(C)n1. The number of hydrogen-bond donors (Lipinski definition) is 1. The van der Waals surface area contributed by atoms with Gasteiger partial charge < -0.3 is 5.11 Å². The second kappa shape index (κ2) is 6.13. The van der Waals surface area contributed by atoms with Gasteiger partial charge in [-0.25, -0.2) is 8.42 Å². The number of nitrogens with zero attached hydrogens (tertiary/aromatic N) is 3. The molecule has 0 aliphatic carbocycles. The van der Waals surface area contributed by atoms with E-state index in [-0.39, 0.29) is 5.03 Å². The van der Waals surface area contributed by atoms with E-state index in [1.165, 1.54) is 24.8 Å². The standard InChI is InChI=1S/C15H19N3O4S/c1-10-7-5-6-8-12(10)14(15(19)20)18(4)23(21,22)13-9-11(2)16-17(13)3/h5-9,14H,1-4H3,(H,19,20). The highest BCUT2D eigenvalue weighted by atomic mass is 32.2. The number of aliphatic carboxylic acids is 1. The molecule has 1 atom stereocenters. The first-order valence-electron chi connectivity index (χ1n) is 6.93. The van der Waals surface area contributed by atoms with Crippen molar-refractivity contribution in [1.29, 1.82) is 0 Å². The number of sulfonamides is 1. The van der Waals surface area contributed by atoms with Crippen molar-refractivity contribution in [1.82, 2.24) is 14.1 Å². The number of rotatable bonds is 5. The first-order chi connectivity index (χ1) is 10.7. The minimum Gasteiger partial charge on any atom is -0.480 e. The summed E-state index contributed by atoms with van der Waals surface area (Å²) in [6, 6.07) is 6.94. The van der Waals surface area contributed by atoms with Gasteiger partial charge >= 0.3 is 5.97 Å². The van der Waals surface area contributed by atoms with Crippen molar-refractivity contribution in [2.75, 3.05) is 7.05 Å². The van der Waals surface area contributed by atoms with Gasteiger partial charge in [-0.3, -0.25) is 9.48 Å². The predicted octanol–water partition coefficient (Wildman–Crippen LogP) is 1.48. The summed E-state index contributed by atoms with van der Waals surface area (Å²) in [4.78, 5) is 11.7. The van der Waals surface area contributed by atoms with Gasteiger partial charge in [-0.1, -0.05) is 24.3 Å². The quantitative estimate of drug-likeness (QED) is 0.892. The van der Waals surface area contributed by atoms with Crippen LogP contribution in [0.25, 0.3) is 0 Å². The monoisotopic (exact) mass is 337 g/mol. The molecule has 0 fully saturated rings. The highest BCUT2D eigenvalue weighted by Gasteiger charge is 2.36. The van der Waals surface area contributed by atoms with Crippen molar-refractivity contribution in [3.63, 3.8) is 0 Å². The van der Waals surface area contributed by atoms with Gasteiger partial charge in [0.25, 0.3) is 10.0 Å². The van der Waals surface area contributed by atoms with Crippen LogP contribution in [0, 0.1) is 13.8 Å². The molecule has 0 spiro atoms. The van der Waals surface area contributed by atoms with Crippen molar-refractivity contribution < 1.29 is 18.3 Å². The summed E-state index contributed by atoms with van der Waals surface area (Å²) in [5.41, 5.74) is 1.69. The second-order valence-corrected chi connectivity index (χ2v) is 7.31. The molecule has 1 N–H and O–H groups in total. The fourth-order valence-corrected chi connectivity index (χ4v) is 3.96. The fraction of sp³-hybridized carbons (Fsp3) is 0.333. The van der Waals surface area contributed by atoms with Crippen molar-refractivity contribution in [3.05, 3.63) is 47.2 Å². The zero-order valence-electron chi connectivity index (χ0n) is 13.4. The molecule has 8 heteroatoms. The highest BCUT2D eigenvalue weighted by molar-refractivity contribution is 7.89. The molecule has 7 nitrogen and oxygen atoms in total. The molecule has 0 aliphatic heterocycles. The van der Waals surface area contributed by atoms with Gasteiger partial charge in [-0.15, -0.1) is 0 Å². The highest BCUT2D eigenvalue weighted by Crippen LogP contribution is 2.28. The zero-order valence-corrected chi connectivity index (χ0v) is 14.2. The van der Waals surface area contributed by atoms with Crippen LogP contribution >= 0.6 is 0 Å². The van der Waals surface area contributed by atoms with Gasteiger partial charge in [0.15, 0.2) is 5.03 Å². The molecule has 2 rings (SSSR count). The Kier molecular flexibility index (Phi) is 4.58. The lowest BCUT2D eigenvalue weighted by Crippen LogP contribution is -2.37. The van der Waals surface area contributed by atoms with Crippen molar-refractivity contribution >= 4 is 16.0 Å². The molecule has 0 amide bonds. The molecule has 0 saturated carbocycles. The molecule has 0 saturated heterocycles. The normalized spacial score (nSPS) is 13.3. The zero-order chi connectivity index (χ0) is 17.4. The Morgan fingerprint density at radius 3 is 2.39 bits per heavy atom. The molecule has 0 bridgehead atoms. The summed E-state index contributed by atoms with van der Waals surface area (Å²) in [7, 11) is -1.23. The number of benzene rings is 1. The smallest absolute Gasteiger partial charge is 0.326 e. The van der Waals surface area contributed by atoms with E-state index >= 15 is 0 Å². The van der Waals surface area contributed by atoms with Crippen LogP contribution in [0.2, 0.25) is 0 Å². The second-order valence-electron chi connectivity index (χ2n) is 5.37. The Morgan fingerprint density at radius 1 is 1.30 bits per heavy atom. The van der Waals surface area contributed by atoms with Gasteiger partial charge in [-0.05, 0) is 31.0 Å². The number of aromatic nitrogens is 2. The van der Waals surface area contributed by atoms with Crippen LogP contribution in [0.5, 0.6) is 0 Å². The maximum Gasteiger partial charge on any atom is 0.326 e. The van der Waals surface area contributed by atoms with Crippen molar-refractivity contribution in [3.8, 4) is 0 Å². The lowest BCUT2D eigenvalue weighted by molar-refractivity contribution is -0.141. The summed E-state index contributed by atoms with van der Waals surface area (Å²) >= 11 is 0. The van der Waals surface area contributed by atoms with Gasteiger partial charge in [0.1, 0.15) is 6.04 Å². The van der Waals surface area contributed by atoms with E-state index in [0.717, 1.165) is 4.31 Å². The Morgan fingerprint density at radius 2 is 1.91 bits per heavy atom. The topological polar surface area (TPSA) is 92.5 Å². The molecule has 1 aromatic carbocycles. The Hall–Kier alpha value is -2.19. The van der Waals surface area contributed by atoms with Crippen LogP contribution in [0.3, 0.4) is 0 Å². The minimum absolute atomic E-state index is 0.0441. The van der Waals surface area contributed by atoms with E-state index in [0.29, 0.717) is 16.8 Å². The van der Waals surface area contributed by atoms with Gasteiger partial charge in [0.2, 0.25) is 0 Å². The number of carboxylic acids is 1. The predicted molar refractivity (Wildman–Crippen MR) is 84.4 cm³/mol. The third-order valence-corrected chi connectivity index (χ3v) is 5.56. The summed E-state index contributed by atoms with van der Waals surface area (Å²) in [5, 5.41) is 13.6. The van der Waals surface area contributed by atoms with Gasteiger partial charge in [-0.2, -0.15) is 9.40 Å². The molecule has 23 heavy (non-hydrogen) atoms. The third kappa shape index (κ3) is 3.13. The Bertz CT molecular complexity index is 842. The van der Waals surface area contributed by atoms with E-state index in [9.17, 15) is 18.3 Å². The lowest BCUT2D eigenvalue weighted by Gasteiger charge is -2.25. The van der Waals surface area contributed by atoms with Crippen LogP contribution in [-0.4, -0.2) is 40.6 Å². The van der Waals surface area contributed by atoms with E-state index in [2.05, 4.69) is 5.10 Å². The van der Waals surface area contributed by atoms with E-state index in [1.54, 1.807) is 38.1 Å². The molecular formula is C15H19N3O4S. The third-order valence-electron chi connectivity index (χ3n) is 3.68. The molecule has 1 aromatic heterocycles. The Labute approximate surface area is 135 Å². The summed E-state index contributed by atoms with van der Waals surface area (Å²) in [6.45, 7) is 3.43. The molecule has 2 aromatic rings. The lowest BCUT2D eigenvalue weighted by atomic mass is 10.0. The van der Waals surface area contributed by atoms with Crippen LogP contribution < -0.4 is 0 Å². The van der Waals surface area contributed by atoms with Crippen LogP contribution in [0.4, 0.5) is 0 Å². The summed E-state index contributed by atoms with van der Waals surface area (Å²) < 4.78 is 27.7. The average molecular weight is 337 g/mol. The molecule has 0 aliphatic rings. The molecule has 1 heterocycles. The molecule has 124 valence electrons. The van der Waals surface area contributed by atoms with Gasteiger partial charge in [0.05, 0.1) is 5.69 Å². The molecule has 0 radical (unpaired) electrons. The first-order valence-corrected chi connectivity index (χ1v) is 8.37. The number of aryl methyl sites for hydroxylation is 3. The maximum atomic E-state index is 12.8. The minimum atomic E-state index is -4.01. The summed E-state index contributed by atoms with van der Waals surface area (Å²) in [5.74, 6) is -1.23. The average Bonchev–Trinajstić information content (AvgIpc) is 2.80. The van der Waals surface area contributed by atoms with E-state index in [4.69, 9.17) is 0 Å². The first kappa shape index (κ1) is 17.2. The number of carboxylic acid groups (broad SMARTS) is 1. The largest absolute Gasteiger partial charge is 0.480 e. The Balaban J connectivity index is 2.55. The summed E-state index contributed by atoms with van der Waals surface area (Å²) in [6.07, 6.45) is 0. The molecular weight excluding hydrogens is 318 g/mol. The fourth-order valence-electron chi connectivity index (χ4n) is 2.49. The van der Waals surface area contributed by atoms with Crippen molar-refractivity contribution in [2.24, 2.45) is 7.05 Å². The van der Waals surface area contributed by atoms with Gasteiger partial charge in [0, 0.05) is 14.1 Å². The van der Waals surface area contributed by atoms with Crippen LogP contribution in [0.15, 0.2) is 35.4 Å². The van der Waals surface area contributed by atoms with E-state index < -0.39 is 22.0 Å². The van der Waals surface area contributed by atoms with E-state index in [1.807, 2.05) is 0 Å². The number of carbonyl (C=O) groups is 1. The van der Waals surface area contributed by atoms with Crippen LogP contribution in [-0.2, 0) is 21.9 Å². The van der Waals surface area contributed by atoms with Crippen LogP contribution in [0.1, 0.15) is 22.9 Å². The number of likely N-dealkylation sites (N-methyl/N-ethyl adjacent to an activating group) is 1. The number of hydrogen-bond acceptors (Lipinski definition) is 4. The maximum absolute atomic E-state index is 12.8. The van der Waals surface area contributed by atoms with Crippen molar-refractivity contribution in [2.45, 2.75) is 24.9 Å².